The van der Waals surface area contributed by atoms with Crippen molar-refractivity contribution >= 4 is 5.95 Å². The number of anilines is 1. The van der Waals surface area contributed by atoms with Crippen molar-refractivity contribution in [3.63, 3.8) is 0 Å². The van der Waals surface area contributed by atoms with Crippen molar-refractivity contribution in [2.45, 2.75) is 25.5 Å². The van der Waals surface area contributed by atoms with Crippen LogP contribution in [0.15, 0.2) is 18.5 Å². The minimum atomic E-state index is -0.840. The van der Waals surface area contributed by atoms with E-state index in [2.05, 4.69) is 15.3 Å². The van der Waals surface area contributed by atoms with Crippen LogP contribution in [0.1, 0.15) is 18.4 Å². The van der Waals surface area contributed by atoms with Gasteiger partial charge in [-0.25, -0.2) is 18.7 Å². The first-order chi connectivity index (χ1) is 13.1. The fourth-order valence-corrected chi connectivity index (χ4v) is 2.72. The van der Waals surface area contributed by atoms with Gasteiger partial charge in [-0.15, -0.1) is 0 Å². The van der Waals surface area contributed by atoms with Crippen molar-refractivity contribution < 1.29 is 27.7 Å². The van der Waals surface area contributed by atoms with Crippen LogP contribution in [0, 0.1) is 11.6 Å². The predicted molar refractivity (Wildman–Crippen MR) is 93.3 cm³/mol. The molecule has 2 heterocycles. The Kier molecular flexibility index (Phi) is 6.23. The maximum atomic E-state index is 14.3. The summed E-state index contributed by atoms with van der Waals surface area (Å²) in [5, 5.41) is 3.17. The average Bonchev–Trinajstić information content (AvgIpc) is 2.70. The summed E-state index contributed by atoms with van der Waals surface area (Å²) in [7, 11) is 2.58. The molecule has 7 nitrogen and oxygen atoms in total. The molecular weight excluding hydrogens is 360 g/mol. The monoisotopic (exact) mass is 381 g/mol. The summed E-state index contributed by atoms with van der Waals surface area (Å²) in [4.78, 5) is 8.32. The molecular formula is C18H21F2N3O4. The molecule has 1 aliphatic heterocycles. The second kappa shape index (κ2) is 8.81. The van der Waals surface area contributed by atoms with Gasteiger partial charge in [0.25, 0.3) is 0 Å². The lowest BCUT2D eigenvalue weighted by Crippen LogP contribution is -2.30. The number of rotatable bonds is 7. The van der Waals surface area contributed by atoms with Crippen LogP contribution in [0.2, 0.25) is 0 Å². The van der Waals surface area contributed by atoms with Crippen LogP contribution in [0.3, 0.4) is 0 Å². The molecule has 1 aromatic heterocycles. The van der Waals surface area contributed by atoms with E-state index in [1.807, 2.05) is 0 Å². The summed E-state index contributed by atoms with van der Waals surface area (Å²) in [6.45, 7) is 1.02. The minimum absolute atomic E-state index is 0.127. The van der Waals surface area contributed by atoms with Crippen molar-refractivity contribution in [2.24, 2.45) is 0 Å². The van der Waals surface area contributed by atoms with Gasteiger partial charge in [0, 0.05) is 12.7 Å². The second-order valence-corrected chi connectivity index (χ2v) is 5.98. The molecule has 3 rings (SSSR count). The first-order valence-electron chi connectivity index (χ1n) is 8.50. The van der Waals surface area contributed by atoms with Crippen LogP contribution in [0.5, 0.6) is 17.2 Å². The molecule has 0 saturated carbocycles. The van der Waals surface area contributed by atoms with E-state index in [1.165, 1.54) is 26.6 Å². The third-order valence-electron chi connectivity index (χ3n) is 4.17. The van der Waals surface area contributed by atoms with E-state index in [-0.39, 0.29) is 35.5 Å². The van der Waals surface area contributed by atoms with E-state index in [4.69, 9.17) is 18.9 Å². The highest BCUT2D eigenvalue weighted by molar-refractivity contribution is 5.41. The van der Waals surface area contributed by atoms with Crippen molar-refractivity contribution in [1.82, 2.24) is 9.97 Å². The van der Waals surface area contributed by atoms with Gasteiger partial charge in [-0.3, -0.25) is 0 Å². The van der Waals surface area contributed by atoms with Crippen LogP contribution in [-0.2, 0) is 11.3 Å². The molecule has 1 aliphatic rings. The zero-order chi connectivity index (χ0) is 19.2. The van der Waals surface area contributed by atoms with E-state index in [9.17, 15) is 8.78 Å². The Balaban J connectivity index is 1.66. The first kappa shape index (κ1) is 19.1. The minimum Gasteiger partial charge on any atom is -0.494 e. The van der Waals surface area contributed by atoms with Crippen molar-refractivity contribution in [2.75, 3.05) is 32.8 Å². The topological polar surface area (TPSA) is 74.7 Å². The number of methoxy groups -OCH3 is 2. The molecule has 1 atom stereocenters. The summed E-state index contributed by atoms with van der Waals surface area (Å²) >= 11 is 0. The van der Waals surface area contributed by atoms with Crippen LogP contribution < -0.4 is 19.5 Å². The van der Waals surface area contributed by atoms with Gasteiger partial charge in [0.15, 0.2) is 28.9 Å². The number of aromatic nitrogens is 2. The lowest BCUT2D eigenvalue weighted by molar-refractivity contribution is 0.0874. The highest BCUT2D eigenvalue weighted by Crippen LogP contribution is 2.31. The number of nitrogens with zero attached hydrogens (tertiary/aromatic N) is 2. The predicted octanol–water partition coefficient (Wildman–Crippen LogP) is 2.94. The fraction of sp³-hybridized carbons (Fsp3) is 0.444. The van der Waals surface area contributed by atoms with E-state index in [0.717, 1.165) is 25.5 Å². The van der Waals surface area contributed by atoms with Gasteiger partial charge >= 0.3 is 0 Å². The normalized spacial score (nSPS) is 16.7. The van der Waals surface area contributed by atoms with E-state index in [1.54, 1.807) is 0 Å². The maximum Gasteiger partial charge on any atom is 0.223 e. The van der Waals surface area contributed by atoms with Crippen LogP contribution >= 0.6 is 0 Å². The Hall–Kier alpha value is -2.68. The third-order valence-corrected chi connectivity index (χ3v) is 4.17. The quantitative estimate of drug-likeness (QED) is 0.790. The van der Waals surface area contributed by atoms with Gasteiger partial charge in [-0.05, 0) is 12.8 Å². The summed E-state index contributed by atoms with van der Waals surface area (Å²) in [6, 6.07) is 1.31. The van der Waals surface area contributed by atoms with Crippen LogP contribution in [-0.4, -0.2) is 43.4 Å². The number of halogens is 2. The zero-order valence-corrected chi connectivity index (χ0v) is 15.1. The molecule has 1 fully saturated rings. The van der Waals surface area contributed by atoms with E-state index < -0.39 is 11.6 Å². The summed E-state index contributed by atoms with van der Waals surface area (Å²) in [5.41, 5.74) is -0.298. The van der Waals surface area contributed by atoms with Crippen molar-refractivity contribution in [3.8, 4) is 17.2 Å². The molecule has 0 aliphatic carbocycles. The molecule has 1 N–H and O–H groups in total. The van der Waals surface area contributed by atoms with Crippen LogP contribution in [0.4, 0.5) is 14.7 Å². The second-order valence-electron chi connectivity index (χ2n) is 5.98. The lowest BCUT2D eigenvalue weighted by Gasteiger charge is -2.22. The van der Waals surface area contributed by atoms with Gasteiger partial charge in [0.2, 0.25) is 5.95 Å². The number of nitrogens with one attached hydrogen (secondary N) is 1. The molecule has 0 amide bonds. The van der Waals surface area contributed by atoms with Crippen LogP contribution in [0.25, 0.3) is 0 Å². The summed E-state index contributed by atoms with van der Waals surface area (Å²) in [6.07, 6.45) is 4.84. The third kappa shape index (κ3) is 4.54. The van der Waals surface area contributed by atoms with Gasteiger partial charge in [-0.1, -0.05) is 0 Å². The number of benzene rings is 1. The molecule has 0 unspecified atom stereocenters. The highest BCUT2D eigenvalue weighted by atomic mass is 19.1. The molecule has 0 radical (unpaired) electrons. The Morgan fingerprint density at radius 2 is 1.81 bits per heavy atom. The van der Waals surface area contributed by atoms with Gasteiger partial charge in [0.1, 0.15) is 6.61 Å². The Morgan fingerprint density at radius 3 is 2.37 bits per heavy atom. The molecule has 2 aromatic rings. The molecule has 0 bridgehead atoms. The Morgan fingerprint density at radius 1 is 1.15 bits per heavy atom. The number of hydrogen-bond donors (Lipinski definition) is 1. The van der Waals surface area contributed by atoms with Gasteiger partial charge < -0.3 is 24.3 Å². The van der Waals surface area contributed by atoms with E-state index >= 15 is 0 Å². The smallest absolute Gasteiger partial charge is 0.223 e. The summed E-state index contributed by atoms with van der Waals surface area (Å²) in [5.74, 6) is -1.21. The summed E-state index contributed by atoms with van der Waals surface area (Å²) < 4.78 is 49.3. The first-order valence-corrected chi connectivity index (χ1v) is 8.50. The maximum absolute atomic E-state index is 14.3. The lowest BCUT2D eigenvalue weighted by atomic mass is 10.1. The van der Waals surface area contributed by atoms with Crippen molar-refractivity contribution in [3.05, 3.63) is 35.7 Å². The van der Waals surface area contributed by atoms with Crippen molar-refractivity contribution in [1.29, 1.82) is 0 Å². The highest BCUT2D eigenvalue weighted by Gasteiger charge is 2.20. The molecule has 1 aromatic carbocycles. The fourth-order valence-electron chi connectivity index (χ4n) is 2.72. The largest absolute Gasteiger partial charge is 0.494 e. The SMILES string of the molecule is COc1cc(OC)c(F)c(COc2cnc(N[C@H]3CCCOC3)nc2)c1F. The Bertz CT molecular complexity index is 740. The molecule has 1 saturated heterocycles. The van der Waals surface area contributed by atoms with Gasteiger partial charge in [0.05, 0.1) is 44.8 Å². The number of ether oxygens (including phenoxy) is 4. The molecule has 146 valence electrons. The van der Waals surface area contributed by atoms with E-state index in [0.29, 0.717) is 12.6 Å². The molecule has 27 heavy (non-hydrogen) atoms. The standard InChI is InChI=1S/C18H21F2N3O4/c1-24-14-6-15(25-2)17(20)13(16(14)19)10-27-12-7-21-18(22-8-12)23-11-4-3-5-26-9-11/h6-8,11H,3-5,9-10H2,1-2H3,(H,21,22,23)/t11-/m0/s1. The number of hydrogen-bond acceptors (Lipinski definition) is 7. The van der Waals surface area contributed by atoms with Gasteiger partial charge in [-0.2, -0.15) is 0 Å². The molecule has 0 spiro atoms. The molecule has 9 heteroatoms. The Labute approximate surface area is 155 Å². The zero-order valence-electron chi connectivity index (χ0n) is 15.1. The average molecular weight is 381 g/mol.